The van der Waals surface area contributed by atoms with E-state index in [-0.39, 0.29) is 12.5 Å². The molecule has 0 saturated carbocycles. The molecule has 1 aromatic carbocycles. The Morgan fingerprint density at radius 2 is 1.91 bits per heavy atom. The summed E-state index contributed by atoms with van der Waals surface area (Å²) in [5, 5.41) is 4.58. The number of benzene rings is 1. The highest BCUT2D eigenvalue weighted by Gasteiger charge is 2.30. The molecule has 7 heteroatoms. The first-order chi connectivity index (χ1) is 10.3. The molecule has 0 radical (unpaired) electrons. The Morgan fingerprint density at radius 1 is 1.23 bits per heavy atom. The molecule has 1 amide bonds. The van der Waals surface area contributed by atoms with Crippen molar-refractivity contribution in [2.45, 2.75) is 12.7 Å². The van der Waals surface area contributed by atoms with Crippen LogP contribution in [0.1, 0.15) is 10.4 Å². The van der Waals surface area contributed by atoms with Gasteiger partial charge in [0.05, 0.1) is 17.5 Å². The lowest BCUT2D eigenvalue weighted by Gasteiger charge is -2.13. The van der Waals surface area contributed by atoms with Crippen LogP contribution in [0.3, 0.4) is 0 Å². The van der Waals surface area contributed by atoms with Crippen LogP contribution in [0.2, 0.25) is 0 Å². The highest BCUT2D eigenvalue weighted by Crippen LogP contribution is 2.29. The Kier molecular flexibility index (Phi) is 5.20. The van der Waals surface area contributed by atoms with Crippen LogP contribution >= 0.6 is 11.3 Å². The largest absolute Gasteiger partial charge is 0.416 e. The maximum absolute atomic E-state index is 12.4. The fourth-order valence-corrected chi connectivity index (χ4v) is 2.81. The number of halogens is 3. The number of likely N-dealkylation sites (N-methyl/N-ethyl adjacent to an activating group) is 1. The van der Waals surface area contributed by atoms with Gasteiger partial charge in [-0.3, -0.25) is 4.79 Å². The number of rotatable bonds is 5. The molecule has 0 aliphatic carbocycles. The number of thiophene rings is 1. The molecule has 0 aliphatic rings. The summed E-state index contributed by atoms with van der Waals surface area (Å²) < 4.78 is 37.3. The molecular formula is C15H16F3N2OS+. The van der Waals surface area contributed by atoms with Gasteiger partial charge in [-0.1, -0.05) is 6.07 Å². The molecule has 22 heavy (non-hydrogen) atoms. The minimum Gasteiger partial charge on any atom is -0.325 e. The van der Waals surface area contributed by atoms with Crippen LogP contribution in [0.25, 0.3) is 0 Å². The molecule has 1 unspecified atom stereocenters. The molecule has 1 aromatic heterocycles. The number of quaternary nitrogens is 1. The third-order valence-electron chi connectivity index (χ3n) is 3.01. The number of hydrogen-bond acceptors (Lipinski definition) is 2. The molecule has 118 valence electrons. The molecule has 2 rings (SSSR count). The Balaban J connectivity index is 1.86. The predicted octanol–water partition coefficient (Wildman–Crippen LogP) is 2.42. The summed E-state index contributed by atoms with van der Waals surface area (Å²) in [6, 6.07) is 8.39. The number of anilines is 1. The van der Waals surface area contributed by atoms with E-state index in [0.717, 1.165) is 23.6 Å². The fourth-order valence-electron chi connectivity index (χ4n) is 1.99. The SMILES string of the molecule is C[NH+](CC(=O)Nc1ccc(C(F)(F)F)cc1)Cc1cccs1. The number of amides is 1. The van der Waals surface area contributed by atoms with Crippen molar-refractivity contribution in [3.8, 4) is 0 Å². The van der Waals surface area contributed by atoms with E-state index in [1.807, 2.05) is 24.6 Å². The van der Waals surface area contributed by atoms with Gasteiger partial charge >= 0.3 is 6.18 Å². The second-order valence-corrected chi connectivity index (χ2v) is 6.05. The summed E-state index contributed by atoms with van der Waals surface area (Å²) in [6.45, 7) is 0.983. The standard InChI is InChI=1S/C15H15F3N2OS/c1-20(9-13-3-2-8-22-13)10-14(21)19-12-6-4-11(5-7-12)15(16,17)18/h2-8H,9-10H2,1H3,(H,19,21)/p+1. The van der Waals surface area contributed by atoms with Gasteiger partial charge in [0.15, 0.2) is 6.54 Å². The van der Waals surface area contributed by atoms with Gasteiger partial charge in [0.2, 0.25) is 0 Å². The van der Waals surface area contributed by atoms with Crippen molar-refractivity contribution < 1.29 is 22.9 Å². The van der Waals surface area contributed by atoms with Crippen molar-refractivity contribution in [1.82, 2.24) is 0 Å². The zero-order chi connectivity index (χ0) is 16.2. The molecule has 0 fully saturated rings. The van der Waals surface area contributed by atoms with Crippen LogP contribution in [-0.2, 0) is 17.5 Å². The van der Waals surface area contributed by atoms with Gasteiger partial charge in [0, 0.05) is 5.69 Å². The lowest BCUT2D eigenvalue weighted by molar-refractivity contribution is -0.884. The van der Waals surface area contributed by atoms with Crippen molar-refractivity contribution in [2.24, 2.45) is 0 Å². The molecule has 2 N–H and O–H groups in total. The van der Waals surface area contributed by atoms with Crippen LogP contribution in [-0.4, -0.2) is 19.5 Å². The number of carbonyl (C=O) groups excluding carboxylic acids is 1. The molecule has 1 atom stereocenters. The minimum absolute atomic E-state index is 0.228. The van der Waals surface area contributed by atoms with Crippen LogP contribution in [0, 0.1) is 0 Å². The normalized spacial score (nSPS) is 12.9. The molecule has 0 aliphatic heterocycles. The number of carbonyl (C=O) groups is 1. The molecule has 0 saturated heterocycles. The first-order valence-corrected chi connectivity index (χ1v) is 7.53. The van der Waals surface area contributed by atoms with Crippen LogP contribution in [0.4, 0.5) is 18.9 Å². The van der Waals surface area contributed by atoms with E-state index in [0.29, 0.717) is 5.69 Å². The Labute approximate surface area is 130 Å². The topological polar surface area (TPSA) is 33.5 Å². The lowest BCUT2D eigenvalue weighted by atomic mass is 10.2. The average Bonchev–Trinajstić information content (AvgIpc) is 2.90. The predicted molar refractivity (Wildman–Crippen MR) is 79.9 cm³/mol. The second kappa shape index (κ2) is 6.93. The zero-order valence-corrected chi connectivity index (χ0v) is 12.7. The summed E-state index contributed by atoms with van der Waals surface area (Å²) in [5.74, 6) is -0.228. The highest BCUT2D eigenvalue weighted by atomic mass is 32.1. The quantitative estimate of drug-likeness (QED) is 0.868. The van der Waals surface area contributed by atoms with Crippen molar-refractivity contribution in [1.29, 1.82) is 0 Å². The third kappa shape index (κ3) is 4.85. The van der Waals surface area contributed by atoms with E-state index in [4.69, 9.17) is 0 Å². The monoisotopic (exact) mass is 329 g/mol. The molecule has 1 heterocycles. The van der Waals surface area contributed by atoms with Gasteiger partial charge in [-0.2, -0.15) is 13.2 Å². The van der Waals surface area contributed by atoms with Gasteiger partial charge in [-0.25, -0.2) is 0 Å². The van der Waals surface area contributed by atoms with Crippen LogP contribution in [0.15, 0.2) is 41.8 Å². The molecule has 2 aromatic rings. The third-order valence-corrected chi connectivity index (χ3v) is 3.89. The lowest BCUT2D eigenvalue weighted by Crippen LogP contribution is -3.08. The molecular weight excluding hydrogens is 313 g/mol. The van der Waals surface area contributed by atoms with E-state index in [1.54, 1.807) is 11.3 Å². The van der Waals surface area contributed by atoms with Crippen molar-refractivity contribution in [3.63, 3.8) is 0 Å². The molecule has 0 spiro atoms. The van der Waals surface area contributed by atoms with E-state index >= 15 is 0 Å². The highest BCUT2D eigenvalue weighted by molar-refractivity contribution is 7.09. The number of nitrogens with one attached hydrogen (secondary N) is 2. The van der Waals surface area contributed by atoms with Crippen molar-refractivity contribution in [2.75, 3.05) is 18.9 Å². The number of alkyl halides is 3. The second-order valence-electron chi connectivity index (χ2n) is 5.01. The van der Waals surface area contributed by atoms with E-state index in [2.05, 4.69) is 5.32 Å². The molecule has 3 nitrogen and oxygen atoms in total. The summed E-state index contributed by atoms with van der Waals surface area (Å²) in [7, 11) is 1.89. The summed E-state index contributed by atoms with van der Waals surface area (Å²) >= 11 is 1.63. The Bertz CT molecular complexity index is 609. The van der Waals surface area contributed by atoms with Gasteiger partial charge in [0.25, 0.3) is 5.91 Å². The van der Waals surface area contributed by atoms with Gasteiger partial charge in [0.1, 0.15) is 6.54 Å². The first-order valence-electron chi connectivity index (χ1n) is 6.65. The van der Waals surface area contributed by atoms with Gasteiger partial charge < -0.3 is 10.2 Å². The average molecular weight is 329 g/mol. The zero-order valence-electron chi connectivity index (χ0n) is 11.9. The summed E-state index contributed by atoms with van der Waals surface area (Å²) in [5.41, 5.74) is -0.368. The van der Waals surface area contributed by atoms with E-state index in [9.17, 15) is 18.0 Å². The first kappa shape index (κ1) is 16.5. The maximum Gasteiger partial charge on any atom is 0.416 e. The van der Waals surface area contributed by atoms with Crippen LogP contribution < -0.4 is 10.2 Å². The minimum atomic E-state index is -4.37. The maximum atomic E-state index is 12.4. The van der Waals surface area contributed by atoms with Gasteiger partial charge in [-0.15, -0.1) is 11.3 Å². The Hall–Kier alpha value is -1.86. The van der Waals surface area contributed by atoms with Crippen molar-refractivity contribution >= 4 is 22.9 Å². The summed E-state index contributed by atoms with van der Waals surface area (Å²) in [4.78, 5) is 14.1. The summed E-state index contributed by atoms with van der Waals surface area (Å²) in [6.07, 6.45) is -4.37. The smallest absolute Gasteiger partial charge is 0.325 e. The van der Waals surface area contributed by atoms with Crippen LogP contribution in [0.5, 0.6) is 0 Å². The van der Waals surface area contributed by atoms with Crippen molar-refractivity contribution in [3.05, 3.63) is 52.2 Å². The van der Waals surface area contributed by atoms with E-state index in [1.165, 1.54) is 17.0 Å². The number of hydrogen-bond donors (Lipinski definition) is 2. The van der Waals surface area contributed by atoms with Gasteiger partial charge in [-0.05, 0) is 35.7 Å². The van der Waals surface area contributed by atoms with E-state index < -0.39 is 11.7 Å². The molecule has 0 bridgehead atoms. The fraction of sp³-hybridized carbons (Fsp3) is 0.267. The Morgan fingerprint density at radius 3 is 2.45 bits per heavy atom.